The molecule has 3 rings (SSSR count). The van der Waals surface area contributed by atoms with E-state index in [0.717, 1.165) is 32.7 Å². The Morgan fingerprint density at radius 2 is 1.83 bits per heavy atom. The van der Waals surface area contributed by atoms with Crippen molar-refractivity contribution in [3.8, 4) is 0 Å². The maximum Gasteiger partial charge on any atom is 0.275 e. The fourth-order valence-electron chi connectivity index (χ4n) is 3.78. The van der Waals surface area contributed by atoms with Gasteiger partial charge < -0.3 is 14.2 Å². The third-order valence-corrected chi connectivity index (χ3v) is 6.32. The normalized spacial score (nSPS) is 16.5. The zero-order chi connectivity index (χ0) is 21.8. The maximum absolute atomic E-state index is 12.8. The van der Waals surface area contributed by atoms with Gasteiger partial charge in [0.1, 0.15) is 6.26 Å². The van der Waals surface area contributed by atoms with Crippen molar-refractivity contribution in [2.24, 2.45) is 5.92 Å². The molecule has 6 heteroatoms. The van der Waals surface area contributed by atoms with E-state index in [0.29, 0.717) is 30.1 Å². The Morgan fingerprint density at radius 1 is 1.13 bits per heavy atom. The SMILES string of the molecule is Cc1ccc(C)c(CN(Cc2nc(C(=O)N3CCN(C)CC3)co2)[C@H](C)C(C)C)c1. The van der Waals surface area contributed by atoms with Crippen LogP contribution in [-0.2, 0) is 13.1 Å². The van der Waals surface area contributed by atoms with E-state index in [1.165, 1.54) is 23.0 Å². The lowest BCUT2D eigenvalue weighted by Crippen LogP contribution is -2.47. The third-order valence-electron chi connectivity index (χ3n) is 6.32. The average Bonchev–Trinajstić information content (AvgIpc) is 3.18. The van der Waals surface area contributed by atoms with Gasteiger partial charge in [-0.15, -0.1) is 0 Å². The van der Waals surface area contributed by atoms with Gasteiger partial charge in [0.2, 0.25) is 5.89 Å². The summed E-state index contributed by atoms with van der Waals surface area (Å²) in [5.41, 5.74) is 4.30. The molecule has 0 radical (unpaired) electrons. The molecule has 164 valence electrons. The number of hydrogen-bond donors (Lipinski definition) is 0. The number of hydrogen-bond acceptors (Lipinski definition) is 5. The molecule has 6 nitrogen and oxygen atoms in total. The highest BCUT2D eigenvalue weighted by molar-refractivity contribution is 5.92. The number of carbonyl (C=O) groups excluding carboxylic acids is 1. The van der Waals surface area contributed by atoms with E-state index in [9.17, 15) is 4.79 Å². The van der Waals surface area contributed by atoms with Crippen LogP contribution >= 0.6 is 0 Å². The van der Waals surface area contributed by atoms with Gasteiger partial charge in [-0.1, -0.05) is 37.6 Å². The highest BCUT2D eigenvalue weighted by Gasteiger charge is 2.25. The monoisotopic (exact) mass is 412 g/mol. The van der Waals surface area contributed by atoms with Crippen molar-refractivity contribution in [1.82, 2.24) is 19.7 Å². The lowest BCUT2D eigenvalue weighted by atomic mass is 10.0. The van der Waals surface area contributed by atoms with Crippen LogP contribution in [0.3, 0.4) is 0 Å². The predicted molar refractivity (Wildman–Crippen MR) is 119 cm³/mol. The highest BCUT2D eigenvalue weighted by atomic mass is 16.3. The van der Waals surface area contributed by atoms with Crippen molar-refractivity contribution >= 4 is 5.91 Å². The minimum atomic E-state index is -0.0314. The van der Waals surface area contributed by atoms with E-state index in [2.05, 4.69) is 74.6 Å². The van der Waals surface area contributed by atoms with Crippen LogP contribution < -0.4 is 0 Å². The van der Waals surface area contributed by atoms with Gasteiger partial charge in [-0.2, -0.15) is 0 Å². The molecule has 1 aliphatic heterocycles. The Labute approximate surface area is 180 Å². The molecule has 0 N–H and O–H groups in total. The van der Waals surface area contributed by atoms with Gasteiger partial charge in [-0.3, -0.25) is 9.69 Å². The summed E-state index contributed by atoms with van der Waals surface area (Å²) >= 11 is 0. The maximum atomic E-state index is 12.8. The Morgan fingerprint density at radius 3 is 2.50 bits per heavy atom. The van der Waals surface area contributed by atoms with Crippen LogP contribution in [0.25, 0.3) is 0 Å². The molecule has 30 heavy (non-hydrogen) atoms. The van der Waals surface area contributed by atoms with Gasteiger partial charge >= 0.3 is 0 Å². The van der Waals surface area contributed by atoms with Gasteiger partial charge in [0.05, 0.1) is 6.54 Å². The van der Waals surface area contributed by atoms with E-state index >= 15 is 0 Å². The molecule has 0 unspecified atom stereocenters. The van der Waals surface area contributed by atoms with Gasteiger partial charge in [-0.25, -0.2) is 4.98 Å². The standard InChI is InChI=1S/C24H36N4O2/c1-17(2)20(5)28(14-21-13-18(3)7-8-19(21)4)15-23-25-22(16-30-23)24(29)27-11-9-26(6)10-12-27/h7-8,13,16-17,20H,9-12,14-15H2,1-6H3/t20-/m1/s1. The highest BCUT2D eigenvalue weighted by Crippen LogP contribution is 2.21. The van der Waals surface area contributed by atoms with Crippen LogP contribution in [0.5, 0.6) is 0 Å². The number of benzene rings is 1. The Balaban J connectivity index is 1.73. The lowest BCUT2D eigenvalue weighted by Gasteiger charge is -2.32. The Kier molecular flexibility index (Phi) is 7.32. The van der Waals surface area contributed by atoms with Crippen LogP contribution in [-0.4, -0.2) is 64.9 Å². The van der Waals surface area contributed by atoms with Gasteiger partial charge in [0.15, 0.2) is 5.69 Å². The van der Waals surface area contributed by atoms with Crippen molar-refractivity contribution in [3.05, 3.63) is 52.7 Å². The molecule has 2 aromatic rings. The molecule has 1 amide bonds. The van der Waals surface area contributed by atoms with Gasteiger partial charge in [-0.05, 0) is 44.9 Å². The molecule has 2 heterocycles. The average molecular weight is 413 g/mol. The van der Waals surface area contributed by atoms with E-state index < -0.39 is 0 Å². The van der Waals surface area contributed by atoms with Gasteiger partial charge in [0.25, 0.3) is 5.91 Å². The van der Waals surface area contributed by atoms with E-state index in [4.69, 9.17) is 4.42 Å². The molecule has 1 aromatic heterocycles. The first-order valence-electron chi connectivity index (χ1n) is 11.0. The van der Waals surface area contributed by atoms with Crippen molar-refractivity contribution in [2.45, 2.75) is 53.8 Å². The van der Waals surface area contributed by atoms with Crippen molar-refractivity contribution < 1.29 is 9.21 Å². The minimum absolute atomic E-state index is 0.0314. The quantitative estimate of drug-likeness (QED) is 0.694. The third kappa shape index (κ3) is 5.49. The van der Waals surface area contributed by atoms with Crippen molar-refractivity contribution in [3.63, 3.8) is 0 Å². The van der Waals surface area contributed by atoms with Crippen LogP contribution in [0, 0.1) is 19.8 Å². The van der Waals surface area contributed by atoms with Gasteiger partial charge in [0, 0.05) is 38.8 Å². The van der Waals surface area contributed by atoms with E-state index in [-0.39, 0.29) is 5.91 Å². The number of likely N-dealkylation sites (N-methyl/N-ethyl adjacent to an activating group) is 1. The van der Waals surface area contributed by atoms with Crippen LogP contribution in [0.2, 0.25) is 0 Å². The minimum Gasteiger partial charge on any atom is -0.447 e. The summed E-state index contributed by atoms with van der Waals surface area (Å²) in [4.78, 5) is 23.8. The fraction of sp³-hybridized carbons (Fsp3) is 0.583. The second kappa shape index (κ2) is 9.75. The van der Waals surface area contributed by atoms with Crippen LogP contribution in [0.15, 0.2) is 28.9 Å². The number of rotatable bonds is 7. The number of piperazine rings is 1. The second-order valence-electron chi connectivity index (χ2n) is 9.04. The predicted octanol–water partition coefficient (Wildman–Crippen LogP) is 3.73. The molecular weight excluding hydrogens is 376 g/mol. The number of amides is 1. The molecule has 0 saturated carbocycles. The largest absolute Gasteiger partial charge is 0.447 e. The zero-order valence-electron chi connectivity index (χ0n) is 19.3. The molecule has 1 atom stereocenters. The molecule has 1 aliphatic rings. The summed E-state index contributed by atoms with van der Waals surface area (Å²) in [5.74, 6) is 1.07. The summed E-state index contributed by atoms with van der Waals surface area (Å²) in [7, 11) is 2.08. The fourth-order valence-corrected chi connectivity index (χ4v) is 3.78. The first kappa shape index (κ1) is 22.5. The van der Waals surface area contributed by atoms with Crippen molar-refractivity contribution in [2.75, 3.05) is 33.2 Å². The Hall–Kier alpha value is -2.18. The lowest BCUT2D eigenvalue weighted by molar-refractivity contribution is 0.0658. The topological polar surface area (TPSA) is 52.8 Å². The smallest absolute Gasteiger partial charge is 0.275 e. The van der Waals surface area contributed by atoms with E-state index in [1.807, 2.05) is 4.90 Å². The molecule has 1 aromatic carbocycles. The van der Waals surface area contributed by atoms with Crippen LogP contribution in [0.1, 0.15) is 53.8 Å². The first-order chi connectivity index (χ1) is 14.2. The summed E-state index contributed by atoms with van der Waals surface area (Å²) in [6.45, 7) is 15.7. The Bertz CT molecular complexity index is 853. The zero-order valence-corrected chi connectivity index (χ0v) is 19.3. The summed E-state index contributed by atoms with van der Waals surface area (Å²) in [5, 5.41) is 0. The number of aromatic nitrogens is 1. The summed E-state index contributed by atoms with van der Waals surface area (Å²) in [6.07, 6.45) is 1.52. The first-order valence-corrected chi connectivity index (χ1v) is 11.0. The number of nitrogens with zero attached hydrogens (tertiary/aromatic N) is 4. The number of aryl methyl sites for hydroxylation is 2. The molecular formula is C24H36N4O2. The number of carbonyl (C=O) groups is 1. The van der Waals surface area contributed by atoms with Crippen molar-refractivity contribution in [1.29, 1.82) is 0 Å². The summed E-state index contributed by atoms with van der Waals surface area (Å²) in [6, 6.07) is 6.95. The molecule has 0 spiro atoms. The second-order valence-corrected chi connectivity index (χ2v) is 9.04. The number of oxazole rings is 1. The molecule has 1 saturated heterocycles. The summed E-state index contributed by atoms with van der Waals surface area (Å²) < 4.78 is 5.74. The molecule has 0 aliphatic carbocycles. The van der Waals surface area contributed by atoms with Crippen LogP contribution in [0.4, 0.5) is 0 Å². The molecule has 0 bridgehead atoms. The van der Waals surface area contributed by atoms with E-state index in [1.54, 1.807) is 0 Å². The molecule has 1 fully saturated rings.